The fourth-order valence-electron chi connectivity index (χ4n) is 8.00. The average Bonchev–Trinajstić information content (AvgIpc) is 3.32. The van der Waals surface area contributed by atoms with E-state index in [0.717, 1.165) is 67.5 Å². The summed E-state index contributed by atoms with van der Waals surface area (Å²) in [4.78, 5) is 0. The van der Waals surface area contributed by atoms with Gasteiger partial charge in [-0.05, 0) is 44.5 Å². The van der Waals surface area contributed by atoms with E-state index in [2.05, 4.69) is 72.8 Å². The van der Waals surface area contributed by atoms with Crippen LogP contribution in [0.2, 0.25) is 0 Å². The van der Waals surface area contributed by atoms with Gasteiger partial charge in [0, 0.05) is 25.7 Å². The highest BCUT2D eigenvalue weighted by Crippen LogP contribution is 2.39. The maximum Gasteiger partial charge on any atom is 0.126 e. The SMILES string of the molecule is c1cc2c3c(c1)Cc1cccc4c1OCCOCCOCCOCCOCCOCCOc1c(cccc1Cc1cccc(c1OCCOCCOCCOCCOCCOCCO3)C4)C2. The van der Waals surface area contributed by atoms with Gasteiger partial charge in [-0.2, -0.15) is 0 Å². The van der Waals surface area contributed by atoms with Crippen molar-refractivity contribution in [2.24, 2.45) is 0 Å². The molecule has 2 aliphatic heterocycles. The predicted molar refractivity (Wildman–Crippen MR) is 247 cm³/mol. The highest BCUT2D eigenvalue weighted by Gasteiger charge is 2.22. The lowest BCUT2D eigenvalue weighted by Gasteiger charge is -2.23. The van der Waals surface area contributed by atoms with Gasteiger partial charge in [0.15, 0.2) is 0 Å². The van der Waals surface area contributed by atoms with E-state index in [1.807, 2.05) is 0 Å². The molecule has 0 fully saturated rings. The molecule has 0 saturated heterocycles. The van der Waals surface area contributed by atoms with Crippen molar-refractivity contribution in [2.75, 3.05) is 159 Å². The van der Waals surface area contributed by atoms with Crippen molar-refractivity contribution < 1.29 is 66.3 Å². The lowest BCUT2D eigenvalue weighted by atomic mass is 9.91. The maximum atomic E-state index is 6.75. The fraction of sp³-hybridized carbons (Fsp3) is 0.538. The molecule has 4 aromatic rings. The zero-order valence-electron chi connectivity index (χ0n) is 38.4. The van der Waals surface area contributed by atoms with Crippen molar-refractivity contribution in [3.8, 4) is 23.0 Å². The molecular formula is C52H68O14. The predicted octanol–water partition coefficient (Wildman–Crippen LogP) is 6.07. The first-order valence-electron chi connectivity index (χ1n) is 23.5. The molecule has 0 radical (unpaired) electrons. The molecule has 66 heavy (non-hydrogen) atoms. The fourth-order valence-corrected chi connectivity index (χ4v) is 8.00. The van der Waals surface area contributed by atoms with Crippen LogP contribution in [0.15, 0.2) is 72.8 Å². The molecule has 14 nitrogen and oxygen atoms in total. The highest BCUT2D eigenvalue weighted by atomic mass is 16.6. The summed E-state index contributed by atoms with van der Waals surface area (Å²) < 4.78 is 85.2. The van der Waals surface area contributed by atoms with Crippen molar-refractivity contribution in [3.63, 3.8) is 0 Å². The quantitative estimate of drug-likeness (QED) is 0.178. The third kappa shape index (κ3) is 16.5. The van der Waals surface area contributed by atoms with E-state index >= 15 is 0 Å². The standard InChI is InChI=1S/C52H68O14/c1-5-41-37-43-7-2-9-45-39-47-11-4-12-48-40-46-10-3-8-44(51(46)65-35-31-61-27-23-57-19-15-54-14-18-56-22-26-60-30-34-64-50(43)45)38-42(6-1)49(41)63-33-29-59-25-21-55-17-13-53-16-20-58-24-28-62-32-36-66-52(47)48/h1-12H,13-40H2. The molecule has 0 saturated carbocycles. The Kier molecular flexibility index (Phi) is 22.1. The van der Waals surface area contributed by atoms with E-state index in [0.29, 0.717) is 184 Å². The second-order valence-corrected chi connectivity index (χ2v) is 15.8. The Balaban J connectivity index is 1.27. The van der Waals surface area contributed by atoms with Gasteiger partial charge in [0.2, 0.25) is 0 Å². The Bertz CT molecular complexity index is 1630. The number of ether oxygens (including phenoxy) is 14. The molecule has 0 aromatic heterocycles. The van der Waals surface area contributed by atoms with Crippen molar-refractivity contribution in [2.45, 2.75) is 25.7 Å². The van der Waals surface area contributed by atoms with E-state index < -0.39 is 0 Å². The third-order valence-corrected chi connectivity index (χ3v) is 11.1. The Hall–Kier alpha value is -4.32. The molecule has 0 unspecified atom stereocenters. The molecule has 3 aliphatic rings. The molecule has 0 atom stereocenters. The number of benzene rings is 4. The van der Waals surface area contributed by atoms with Crippen LogP contribution in [-0.2, 0) is 73.1 Å². The first kappa shape index (κ1) is 49.6. The smallest absolute Gasteiger partial charge is 0.126 e. The highest BCUT2D eigenvalue weighted by molar-refractivity contribution is 5.56. The Morgan fingerprint density at radius 1 is 0.182 bits per heavy atom. The van der Waals surface area contributed by atoms with Crippen LogP contribution in [0.1, 0.15) is 44.5 Å². The van der Waals surface area contributed by atoms with Gasteiger partial charge in [-0.25, -0.2) is 0 Å². The zero-order chi connectivity index (χ0) is 45.1. The summed E-state index contributed by atoms with van der Waals surface area (Å²) in [5.74, 6) is 3.28. The lowest BCUT2D eigenvalue weighted by molar-refractivity contribution is -0.0142. The van der Waals surface area contributed by atoms with E-state index in [4.69, 9.17) is 66.3 Å². The van der Waals surface area contributed by atoms with Gasteiger partial charge < -0.3 is 66.3 Å². The monoisotopic (exact) mass is 916 g/mol. The number of hydrogen-bond donors (Lipinski definition) is 0. The van der Waals surface area contributed by atoms with Crippen LogP contribution >= 0.6 is 0 Å². The molecule has 360 valence electrons. The minimum absolute atomic E-state index is 0.359. The topological polar surface area (TPSA) is 129 Å². The summed E-state index contributed by atoms with van der Waals surface area (Å²) in [7, 11) is 0. The van der Waals surface area contributed by atoms with E-state index in [1.165, 1.54) is 0 Å². The first-order valence-corrected chi connectivity index (χ1v) is 23.5. The van der Waals surface area contributed by atoms with Crippen molar-refractivity contribution >= 4 is 0 Å². The molecular weight excluding hydrogens is 849 g/mol. The minimum atomic E-state index is 0.359. The van der Waals surface area contributed by atoms with Gasteiger partial charge in [0.05, 0.1) is 132 Å². The van der Waals surface area contributed by atoms with E-state index in [-0.39, 0.29) is 0 Å². The molecule has 4 aromatic carbocycles. The van der Waals surface area contributed by atoms with Gasteiger partial charge in [0.1, 0.15) is 49.4 Å². The van der Waals surface area contributed by atoms with Gasteiger partial charge in [-0.1, -0.05) is 72.8 Å². The average molecular weight is 917 g/mol. The minimum Gasteiger partial charge on any atom is -0.491 e. The largest absolute Gasteiger partial charge is 0.491 e. The number of para-hydroxylation sites is 4. The van der Waals surface area contributed by atoms with Crippen LogP contribution in [0.4, 0.5) is 0 Å². The Labute approximate surface area is 389 Å². The molecule has 0 N–H and O–H groups in total. The number of hydrogen-bond acceptors (Lipinski definition) is 14. The molecule has 0 amide bonds. The van der Waals surface area contributed by atoms with Crippen LogP contribution in [-0.4, -0.2) is 159 Å². The number of rotatable bonds is 0. The summed E-state index contributed by atoms with van der Waals surface area (Å²) in [6, 6.07) is 25.5. The molecule has 12 bridgehead atoms. The molecule has 14 heteroatoms. The Morgan fingerprint density at radius 2 is 0.318 bits per heavy atom. The van der Waals surface area contributed by atoms with Gasteiger partial charge >= 0.3 is 0 Å². The molecule has 2 heterocycles. The summed E-state index contributed by atoms with van der Waals surface area (Å²) >= 11 is 0. The molecule has 0 spiro atoms. The Morgan fingerprint density at radius 3 is 0.470 bits per heavy atom. The van der Waals surface area contributed by atoms with Crippen molar-refractivity contribution in [1.82, 2.24) is 0 Å². The summed E-state index contributed by atoms with van der Waals surface area (Å²) in [6.07, 6.45) is 2.26. The van der Waals surface area contributed by atoms with Crippen LogP contribution in [0.3, 0.4) is 0 Å². The first-order chi connectivity index (χ1) is 32.8. The van der Waals surface area contributed by atoms with Crippen molar-refractivity contribution in [3.05, 3.63) is 117 Å². The van der Waals surface area contributed by atoms with Crippen LogP contribution < -0.4 is 18.9 Å². The van der Waals surface area contributed by atoms with E-state index in [9.17, 15) is 0 Å². The summed E-state index contributed by atoms with van der Waals surface area (Å²) in [6.45, 7) is 10.5. The molecule has 1 aliphatic carbocycles. The van der Waals surface area contributed by atoms with E-state index in [1.54, 1.807) is 0 Å². The maximum absolute atomic E-state index is 6.75. The second-order valence-electron chi connectivity index (χ2n) is 15.8. The zero-order valence-corrected chi connectivity index (χ0v) is 38.4. The van der Waals surface area contributed by atoms with Gasteiger partial charge in [-0.3, -0.25) is 0 Å². The lowest BCUT2D eigenvalue weighted by Crippen LogP contribution is -2.16. The molecule has 7 rings (SSSR count). The summed E-state index contributed by atoms with van der Waals surface area (Å²) in [5, 5.41) is 0. The second kappa shape index (κ2) is 29.4. The van der Waals surface area contributed by atoms with Crippen LogP contribution in [0.25, 0.3) is 0 Å². The third-order valence-electron chi connectivity index (χ3n) is 11.1. The summed E-state index contributed by atoms with van der Waals surface area (Å²) in [5.41, 5.74) is 8.29. The van der Waals surface area contributed by atoms with Crippen LogP contribution in [0, 0.1) is 0 Å². The van der Waals surface area contributed by atoms with Gasteiger partial charge in [0.25, 0.3) is 0 Å². The van der Waals surface area contributed by atoms with Crippen molar-refractivity contribution in [1.29, 1.82) is 0 Å². The van der Waals surface area contributed by atoms with Gasteiger partial charge in [-0.15, -0.1) is 0 Å². The normalized spacial score (nSPS) is 19.5. The van der Waals surface area contributed by atoms with Crippen LogP contribution in [0.5, 0.6) is 23.0 Å².